The van der Waals surface area contributed by atoms with Gasteiger partial charge in [-0.2, -0.15) is 31.4 Å². The lowest BCUT2D eigenvalue weighted by Gasteiger charge is -2.11. The van der Waals surface area contributed by atoms with E-state index in [4.69, 9.17) is 16.6 Å². The van der Waals surface area contributed by atoms with Gasteiger partial charge in [-0.15, -0.1) is 0 Å². The van der Waals surface area contributed by atoms with Crippen molar-refractivity contribution in [1.82, 2.24) is 9.78 Å². The molecule has 0 saturated heterocycles. The Balaban J connectivity index is 0.000000353. The fraction of sp³-hybridized carbons (Fsp3) is 0.0741. The summed E-state index contributed by atoms with van der Waals surface area (Å²) in [6.45, 7) is 0. The molecule has 4 aromatic rings. The van der Waals surface area contributed by atoms with E-state index in [1.807, 2.05) is 0 Å². The molecular formula is C27H19F6N5O5. The van der Waals surface area contributed by atoms with E-state index in [9.17, 15) is 45.5 Å². The van der Waals surface area contributed by atoms with E-state index >= 15 is 0 Å². The largest absolute Gasteiger partial charge is 0.478 e. The van der Waals surface area contributed by atoms with Crippen LogP contribution in [0.4, 0.5) is 32.0 Å². The number of aromatic nitrogens is 2. The number of nitrogens with zero attached hydrogens (tertiary/aromatic N) is 2. The number of primary amides is 2. The minimum atomic E-state index is -5.09. The quantitative estimate of drug-likeness (QED) is 0.231. The second-order valence-corrected chi connectivity index (χ2v) is 8.45. The third-order valence-electron chi connectivity index (χ3n) is 5.52. The van der Waals surface area contributed by atoms with Crippen LogP contribution in [0.1, 0.15) is 52.8 Å². The molecule has 0 atom stereocenters. The summed E-state index contributed by atoms with van der Waals surface area (Å²) in [7, 11) is 0. The van der Waals surface area contributed by atoms with Crippen molar-refractivity contribution in [2.24, 2.45) is 11.5 Å². The molecule has 0 aliphatic carbocycles. The van der Waals surface area contributed by atoms with E-state index in [-0.39, 0.29) is 44.4 Å². The van der Waals surface area contributed by atoms with Gasteiger partial charge in [0.2, 0.25) is 11.8 Å². The van der Waals surface area contributed by atoms with Crippen molar-refractivity contribution in [3.8, 4) is 5.69 Å². The zero-order valence-corrected chi connectivity index (χ0v) is 21.4. The highest BCUT2D eigenvalue weighted by molar-refractivity contribution is 6.10. The summed E-state index contributed by atoms with van der Waals surface area (Å²) < 4.78 is 78.0. The topological polar surface area (TPSA) is 170 Å². The first-order valence-corrected chi connectivity index (χ1v) is 11.7. The Labute approximate surface area is 237 Å². The molecule has 3 aromatic carbocycles. The molecule has 0 aliphatic heterocycles. The van der Waals surface area contributed by atoms with Crippen molar-refractivity contribution in [1.29, 1.82) is 0 Å². The molecule has 16 heteroatoms. The van der Waals surface area contributed by atoms with Crippen LogP contribution in [0.5, 0.6) is 0 Å². The Kier molecular flexibility index (Phi) is 9.23. The summed E-state index contributed by atoms with van der Waals surface area (Å²) in [6, 6.07) is 15.8. The molecule has 4 rings (SSSR count). The number of hydrogen-bond donors (Lipinski definition) is 4. The zero-order valence-electron chi connectivity index (χ0n) is 21.4. The van der Waals surface area contributed by atoms with Gasteiger partial charge in [0.05, 0.1) is 27.9 Å². The van der Waals surface area contributed by atoms with Gasteiger partial charge in [0.15, 0.2) is 5.69 Å². The molecule has 6 N–H and O–H groups in total. The summed E-state index contributed by atoms with van der Waals surface area (Å²) >= 11 is 0. The second-order valence-electron chi connectivity index (χ2n) is 8.45. The van der Waals surface area contributed by atoms with E-state index in [2.05, 4.69) is 10.4 Å². The Bertz CT molecular complexity index is 1650. The first-order valence-electron chi connectivity index (χ1n) is 11.7. The number of nitrogens with one attached hydrogen (secondary N) is 1. The van der Waals surface area contributed by atoms with E-state index in [1.165, 1.54) is 36.4 Å². The molecule has 1 heterocycles. The fourth-order valence-electron chi connectivity index (χ4n) is 3.58. The monoisotopic (exact) mass is 607 g/mol. The average Bonchev–Trinajstić information content (AvgIpc) is 3.41. The third-order valence-corrected chi connectivity index (χ3v) is 5.52. The number of alkyl halides is 6. The van der Waals surface area contributed by atoms with Crippen molar-refractivity contribution < 1.29 is 50.6 Å². The zero-order chi connectivity index (χ0) is 32.1. The number of anilines is 1. The lowest BCUT2D eigenvalue weighted by molar-refractivity contribution is -0.143. The Morgan fingerprint density at radius 2 is 1.16 bits per heavy atom. The smallest absolute Gasteiger partial charge is 0.435 e. The van der Waals surface area contributed by atoms with Crippen LogP contribution >= 0.6 is 0 Å². The second kappa shape index (κ2) is 12.5. The number of halogens is 6. The minimum absolute atomic E-state index is 0.0747. The minimum Gasteiger partial charge on any atom is -0.478 e. The average molecular weight is 607 g/mol. The molecule has 1 aromatic heterocycles. The van der Waals surface area contributed by atoms with Crippen molar-refractivity contribution in [3.63, 3.8) is 0 Å². The third kappa shape index (κ3) is 7.75. The maximum Gasteiger partial charge on any atom is 0.435 e. The van der Waals surface area contributed by atoms with Gasteiger partial charge < -0.3 is 21.9 Å². The van der Waals surface area contributed by atoms with Crippen LogP contribution in [-0.2, 0) is 12.4 Å². The van der Waals surface area contributed by atoms with E-state index in [1.54, 1.807) is 12.1 Å². The molecule has 0 bridgehead atoms. The fourth-order valence-corrected chi connectivity index (χ4v) is 3.58. The molecule has 0 fully saturated rings. The highest BCUT2D eigenvalue weighted by Gasteiger charge is 2.42. The molecule has 0 unspecified atom stereocenters. The molecule has 0 saturated carbocycles. The summed E-state index contributed by atoms with van der Waals surface area (Å²) in [5.41, 5.74) is 6.34. The van der Waals surface area contributed by atoms with Crippen molar-refractivity contribution >= 4 is 29.4 Å². The van der Waals surface area contributed by atoms with Crippen LogP contribution in [0, 0.1) is 0 Å². The van der Waals surface area contributed by atoms with Gasteiger partial charge in [-0.05, 0) is 48.5 Å². The predicted molar refractivity (Wildman–Crippen MR) is 138 cm³/mol. The van der Waals surface area contributed by atoms with Gasteiger partial charge in [-0.3, -0.25) is 14.4 Å². The maximum atomic E-state index is 13.1. The Morgan fingerprint density at radius 3 is 1.58 bits per heavy atom. The Morgan fingerprint density at radius 1 is 0.698 bits per heavy atom. The molecule has 3 amide bonds. The number of carboxylic acids is 1. The van der Waals surface area contributed by atoms with Crippen molar-refractivity contribution in [2.75, 3.05) is 5.32 Å². The lowest BCUT2D eigenvalue weighted by Crippen LogP contribution is -2.20. The SMILES string of the molecule is NC(=O)c1ccccc1C(N)=O.O=C(O)c1ccccc1C(=O)Nc1ccc(-n2nc(C(F)(F)F)cc2C(F)(F)F)cc1. The number of benzene rings is 3. The normalized spacial score (nSPS) is 11.2. The summed E-state index contributed by atoms with van der Waals surface area (Å²) in [5, 5.41) is 14.5. The van der Waals surface area contributed by atoms with E-state index < -0.39 is 47.4 Å². The maximum absolute atomic E-state index is 13.1. The Hall–Kier alpha value is -5.67. The molecule has 0 radical (unpaired) electrons. The van der Waals surface area contributed by atoms with Crippen molar-refractivity contribution in [2.45, 2.75) is 12.4 Å². The summed E-state index contributed by atoms with van der Waals surface area (Å²) in [4.78, 5) is 45.0. The summed E-state index contributed by atoms with van der Waals surface area (Å²) in [5.74, 6) is -3.42. The molecule has 224 valence electrons. The molecule has 10 nitrogen and oxygen atoms in total. The molecular weight excluding hydrogens is 588 g/mol. The van der Waals surface area contributed by atoms with Crippen molar-refractivity contribution in [3.05, 3.63) is 113 Å². The number of hydrogen-bond acceptors (Lipinski definition) is 5. The highest BCUT2D eigenvalue weighted by atomic mass is 19.4. The number of rotatable bonds is 6. The first kappa shape index (κ1) is 31.9. The highest BCUT2D eigenvalue weighted by Crippen LogP contribution is 2.36. The number of nitrogens with two attached hydrogens (primary N) is 2. The number of aromatic carboxylic acids is 1. The van der Waals surface area contributed by atoms with Gasteiger partial charge in [-0.25, -0.2) is 9.48 Å². The molecule has 0 spiro atoms. The number of carbonyl (C=O) groups excluding carboxylic acids is 3. The predicted octanol–water partition coefficient (Wildman–Crippen LogP) is 4.74. The first-order chi connectivity index (χ1) is 20.0. The standard InChI is InChI=1S/C19H11F6N3O3.C8H8N2O2/c20-18(21,22)14-9-15(19(23,24)25)28(27-14)11-7-5-10(6-8-11)26-16(29)12-3-1-2-4-13(12)17(30)31;9-7(11)5-3-1-2-4-6(5)8(10)12/h1-9H,(H,26,29)(H,30,31);1-4H,(H2,9,11)(H2,10,12). The number of carboxylic acid groups (broad SMARTS) is 1. The van der Waals surface area contributed by atoms with Gasteiger partial charge >= 0.3 is 18.3 Å². The number of carbonyl (C=O) groups is 4. The van der Waals surface area contributed by atoms with Crippen LogP contribution in [0.25, 0.3) is 5.69 Å². The van der Waals surface area contributed by atoms with Gasteiger partial charge in [-0.1, -0.05) is 24.3 Å². The van der Waals surface area contributed by atoms with Gasteiger partial charge in [0.1, 0.15) is 5.69 Å². The molecule has 0 aliphatic rings. The summed E-state index contributed by atoms with van der Waals surface area (Å²) in [6.07, 6.45) is -10.2. The van der Waals surface area contributed by atoms with Crippen LogP contribution < -0.4 is 16.8 Å². The van der Waals surface area contributed by atoms with Crippen LogP contribution in [0.2, 0.25) is 0 Å². The van der Waals surface area contributed by atoms with Crippen LogP contribution in [-0.4, -0.2) is 38.6 Å². The van der Waals surface area contributed by atoms with Gasteiger partial charge in [0.25, 0.3) is 5.91 Å². The van der Waals surface area contributed by atoms with Crippen LogP contribution in [0.3, 0.4) is 0 Å². The van der Waals surface area contributed by atoms with E-state index in [0.29, 0.717) is 0 Å². The number of amides is 3. The lowest BCUT2D eigenvalue weighted by atomic mass is 10.1. The molecule has 43 heavy (non-hydrogen) atoms. The van der Waals surface area contributed by atoms with E-state index in [0.717, 1.165) is 24.3 Å². The van der Waals surface area contributed by atoms with Crippen LogP contribution in [0.15, 0.2) is 78.9 Å². The van der Waals surface area contributed by atoms with Gasteiger partial charge in [0, 0.05) is 11.8 Å².